The van der Waals surface area contributed by atoms with Gasteiger partial charge in [0.25, 0.3) is 0 Å². The third kappa shape index (κ3) is 3.65. The van der Waals surface area contributed by atoms with Crippen LogP contribution in [0.15, 0.2) is 53.4 Å². The van der Waals surface area contributed by atoms with Crippen LogP contribution in [0, 0.1) is 4.77 Å². The molecule has 0 aliphatic heterocycles. The number of benzene rings is 2. The van der Waals surface area contributed by atoms with Gasteiger partial charge in [-0.3, -0.25) is 9.67 Å². The van der Waals surface area contributed by atoms with Crippen molar-refractivity contribution in [2.75, 3.05) is 6.26 Å². The third-order valence-corrected chi connectivity index (χ3v) is 4.63. The van der Waals surface area contributed by atoms with Gasteiger partial charge in [-0.25, -0.2) is 0 Å². The maximum absolute atomic E-state index is 9.35. The smallest absolute Gasteiger partial charge is 0.199 e. The fraction of sp³-hybridized carbons (Fsp3) is 0.176. The van der Waals surface area contributed by atoms with E-state index in [9.17, 15) is 5.11 Å². The lowest BCUT2D eigenvalue weighted by Gasteiger charge is -2.08. The van der Waals surface area contributed by atoms with Gasteiger partial charge >= 0.3 is 0 Å². The molecule has 0 aliphatic rings. The molecule has 0 unspecified atom stereocenters. The zero-order valence-electron chi connectivity index (χ0n) is 12.7. The molecule has 118 valence electrons. The number of H-pyrrole nitrogens is 1. The van der Waals surface area contributed by atoms with Crippen LogP contribution in [-0.4, -0.2) is 26.1 Å². The Balaban J connectivity index is 1.86. The van der Waals surface area contributed by atoms with Crippen molar-refractivity contribution in [1.29, 1.82) is 0 Å². The second-order valence-electron chi connectivity index (χ2n) is 5.15. The van der Waals surface area contributed by atoms with Gasteiger partial charge in [0, 0.05) is 11.3 Å². The van der Waals surface area contributed by atoms with Gasteiger partial charge in [-0.1, -0.05) is 18.2 Å². The average Bonchev–Trinajstić information content (AvgIpc) is 2.95. The second-order valence-corrected chi connectivity index (χ2v) is 6.41. The van der Waals surface area contributed by atoms with Crippen LogP contribution in [-0.2, 0) is 12.8 Å². The Morgan fingerprint density at radius 2 is 1.96 bits per heavy atom. The van der Waals surface area contributed by atoms with Crippen LogP contribution in [0.5, 0.6) is 5.75 Å². The van der Waals surface area contributed by atoms with E-state index in [1.165, 1.54) is 4.90 Å². The molecule has 0 saturated heterocycles. The highest BCUT2D eigenvalue weighted by Gasteiger charge is 2.09. The number of aromatic amines is 1. The lowest BCUT2D eigenvalue weighted by Crippen LogP contribution is -2.03. The summed E-state index contributed by atoms with van der Waals surface area (Å²) in [6.07, 6.45) is 3.66. The van der Waals surface area contributed by atoms with Gasteiger partial charge in [0.05, 0.1) is 5.69 Å². The van der Waals surface area contributed by atoms with Crippen molar-refractivity contribution in [3.8, 4) is 11.4 Å². The molecule has 0 spiro atoms. The summed E-state index contributed by atoms with van der Waals surface area (Å²) >= 11 is 7.09. The quantitative estimate of drug-likeness (QED) is 0.540. The summed E-state index contributed by atoms with van der Waals surface area (Å²) in [5.74, 6) is 1.19. The van der Waals surface area contributed by atoms with Gasteiger partial charge in [0.2, 0.25) is 0 Å². The first kappa shape index (κ1) is 15.8. The first-order valence-corrected chi connectivity index (χ1v) is 8.89. The fourth-order valence-electron chi connectivity index (χ4n) is 2.43. The summed E-state index contributed by atoms with van der Waals surface area (Å²) in [6, 6.07) is 15.5. The highest BCUT2D eigenvalue weighted by Crippen LogP contribution is 2.20. The number of hydrogen-bond donors (Lipinski definition) is 2. The van der Waals surface area contributed by atoms with Gasteiger partial charge in [-0.15, -0.1) is 11.8 Å². The van der Waals surface area contributed by atoms with Crippen molar-refractivity contribution in [2.45, 2.75) is 17.7 Å². The Morgan fingerprint density at radius 3 is 2.70 bits per heavy atom. The molecule has 0 bridgehead atoms. The average molecular weight is 343 g/mol. The molecule has 0 saturated carbocycles. The molecule has 23 heavy (non-hydrogen) atoms. The number of thioether (sulfide) groups is 1. The van der Waals surface area contributed by atoms with E-state index < -0.39 is 0 Å². The number of rotatable bonds is 5. The van der Waals surface area contributed by atoms with Gasteiger partial charge in [0.15, 0.2) is 4.77 Å². The molecular weight excluding hydrogens is 326 g/mol. The zero-order valence-corrected chi connectivity index (χ0v) is 14.3. The molecule has 4 nitrogen and oxygen atoms in total. The van der Waals surface area contributed by atoms with Gasteiger partial charge in [0.1, 0.15) is 11.6 Å². The first-order valence-electron chi connectivity index (χ1n) is 7.26. The van der Waals surface area contributed by atoms with Crippen molar-refractivity contribution >= 4 is 24.0 Å². The molecule has 1 heterocycles. The highest BCUT2D eigenvalue weighted by molar-refractivity contribution is 7.98. The van der Waals surface area contributed by atoms with Gasteiger partial charge in [-0.2, -0.15) is 5.10 Å². The maximum atomic E-state index is 9.35. The Hall–Kier alpha value is -2.05. The largest absolute Gasteiger partial charge is 0.508 e. The Bertz CT molecular complexity index is 853. The number of nitrogens with zero attached hydrogens (tertiary/aromatic N) is 2. The minimum absolute atomic E-state index is 0.283. The van der Waals surface area contributed by atoms with E-state index in [-0.39, 0.29) is 5.75 Å². The number of phenolic OH excluding ortho intramolecular Hbond substituents is 1. The molecule has 0 aliphatic carbocycles. The van der Waals surface area contributed by atoms with E-state index in [0.29, 0.717) is 4.77 Å². The Labute approximate surface area is 144 Å². The molecule has 0 radical (unpaired) electrons. The molecular formula is C17H17N3OS2. The van der Waals surface area contributed by atoms with E-state index >= 15 is 0 Å². The van der Waals surface area contributed by atoms with Crippen molar-refractivity contribution in [3.63, 3.8) is 0 Å². The third-order valence-electron chi connectivity index (χ3n) is 3.63. The predicted octanol–water partition coefficient (Wildman–Crippen LogP) is 4.14. The van der Waals surface area contributed by atoms with E-state index in [1.807, 2.05) is 28.8 Å². The molecule has 0 fully saturated rings. The van der Waals surface area contributed by atoms with Crippen molar-refractivity contribution < 1.29 is 5.11 Å². The normalized spacial score (nSPS) is 10.8. The molecule has 1 aromatic heterocycles. The lowest BCUT2D eigenvalue weighted by molar-refractivity contribution is 0.475. The van der Waals surface area contributed by atoms with Crippen LogP contribution in [0.3, 0.4) is 0 Å². The number of aromatic nitrogens is 3. The van der Waals surface area contributed by atoms with E-state index in [2.05, 4.69) is 28.6 Å². The molecule has 2 N–H and O–H groups in total. The number of hydrogen-bond acceptors (Lipinski definition) is 4. The summed E-state index contributed by atoms with van der Waals surface area (Å²) in [6.45, 7) is 0. The number of aryl methyl sites for hydroxylation is 2. The van der Waals surface area contributed by atoms with Crippen molar-refractivity contribution in [1.82, 2.24) is 14.8 Å². The summed E-state index contributed by atoms with van der Waals surface area (Å²) < 4.78 is 2.58. The number of phenols is 1. The second kappa shape index (κ2) is 7.02. The zero-order chi connectivity index (χ0) is 16.2. The Kier molecular flexibility index (Phi) is 4.83. The standard InChI is InChI=1S/C17H17N3OS2/c1-23-15-4-2-3-13(11-15)20-16(18-19-17(20)22)10-7-12-5-8-14(21)9-6-12/h2-6,8-9,11,21H,7,10H2,1H3,(H,19,22). The molecule has 0 amide bonds. The van der Waals surface area contributed by atoms with Gasteiger partial charge < -0.3 is 5.11 Å². The summed E-state index contributed by atoms with van der Waals surface area (Å²) in [5, 5.41) is 16.6. The Morgan fingerprint density at radius 1 is 1.17 bits per heavy atom. The summed E-state index contributed by atoms with van der Waals surface area (Å²) in [4.78, 5) is 1.19. The van der Waals surface area contributed by atoms with Crippen LogP contribution in [0.25, 0.3) is 5.69 Å². The lowest BCUT2D eigenvalue weighted by atomic mass is 10.1. The van der Waals surface area contributed by atoms with E-state index in [4.69, 9.17) is 12.2 Å². The minimum atomic E-state index is 0.283. The van der Waals surface area contributed by atoms with Crippen molar-refractivity contribution in [3.05, 3.63) is 64.7 Å². The monoisotopic (exact) mass is 343 g/mol. The van der Waals surface area contributed by atoms with Gasteiger partial charge in [-0.05, 0) is 60.8 Å². The van der Waals surface area contributed by atoms with E-state index in [1.54, 1.807) is 23.9 Å². The molecule has 0 atom stereocenters. The summed E-state index contributed by atoms with van der Waals surface area (Å²) in [7, 11) is 0. The van der Waals surface area contributed by atoms with Crippen LogP contribution in [0.4, 0.5) is 0 Å². The molecule has 3 aromatic rings. The predicted molar refractivity (Wildman–Crippen MR) is 96.0 cm³/mol. The molecule has 6 heteroatoms. The summed E-state index contributed by atoms with van der Waals surface area (Å²) in [5.41, 5.74) is 2.18. The van der Waals surface area contributed by atoms with E-state index in [0.717, 1.165) is 29.9 Å². The highest BCUT2D eigenvalue weighted by atomic mass is 32.2. The number of aromatic hydroxyl groups is 1. The molecule has 3 rings (SSSR count). The minimum Gasteiger partial charge on any atom is -0.508 e. The topological polar surface area (TPSA) is 53.8 Å². The number of nitrogens with one attached hydrogen (secondary N) is 1. The first-order chi connectivity index (χ1) is 11.2. The molecule has 2 aromatic carbocycles. The maximum Gasteiger partial charge on any atom is 0.199 e. The van der Waals surface area contributed by atoms with Crippen LogP contribution >= 0.6 is 24.0 Å². The fourth-order valence-corrected chi connectivity index (χ4v) is 3.14. The van der Waals surface area contributed by atoms with Crippen LogP contribution < -0.4 is 0 Å². The SMILES string of the molecule is CSc1cccc(-n2c(CCc3ccc(O)cc3)n[nH]c2=S)c1. The van der Waals surface area contributed by atoms with Crippen LogP contribution in [0.2, 0.25) is 0 Å². The van der Waals surface area contributed by atoms with Crippen LogP contribution in [0.1, 0.15) is 11.4 Å². The van der Waals surface area contributed by atoms with Crippen molar-refractivity contribution in [2.24, 2.45) is 0 Å².